The molecule has 4 nitrogen and oxygen atoms in total. The van der Waals surface area contributed by atoms with Gasteiger partial charge in [-0.1, -0.05) is 6.92 Å². The molecule has 1 fully saturated rings. The molecule has 2 rings (SSSR count). The van der Waals surface area contributed by atoms with E-state index in [0.29, 0.717) is 18.5 Å². The number of carbonyl (C=O) groups excluding carboxylic acids is 1. The first-order valence-electron chi connectivity index (χ1n) is 6.93. The molecule has 0 saturated heterocycles. The van der Waals surface area contributed by atoms with Gasteiger partial charge in [0.2, 0.25) is 0 Å². The minimum absolute atomic E-state index is 0.0877. The van der Waals surface area contributed by atoms with Crippen molar-refractivity contribution in [1.29, 1.82) is 0 Å². The number of rotatable bonds is 5. The van der Waals surface area contributed by atoms with Gasteiger partial charge in [-0.15, -0.1) is 0 Å². The number of hydrogen-bond acceptors (Lipinski definition) is 3. The number of carbonyl (C=O) groups is 1. The van der Waals surface area contributed by atoms with E-state index in [0.717, 1.165) is 12.0 Å². The van der Waals surface area contributed by atoms with E-state index in [-0.39, 0.29) is 18.0 Å². The first-order chi connectivity index (χ1) is 9.87. The van der Waals surface area contributed by atoms with Crippen LogP contribution in [0.3, 0.4) is 0 Å². The monoisotopic (exact) mass is 301 g/mol. The minimum atomic E-state index is -4.20. The third kappa shape index (κ3) is 4.70. The molecule has 1 aliphatic carbocycles. The normalized spacial score (nSPS) is 21.7. The topological polar surface area (TPSA) is 54.0 Å². The number of halogens is 3. The lowest BCUT2D eigenvalue weighted by atomic mass is 9.86. The highest BCUT2D eigenvalue weighted by Gasteiger charge is 2.34. The number of nitrogens with one attached hydrogen (secondary N) is 2. The molecular weight excluding hydrogens is 283 g/mol. The molecule has 0 bridgehead atoms. The van der Waals surface area contributed by atoms with Crippen LogP contribution in [0.4, 0.5) is 13.2 Å². The number of alkyl halides is 3. The first-order valence-corrected chi connectivity index (χ1v) is 6.93. The Morgan fingerprint density at radius 2 is 2.10 bits per heavy atom. The quantitative estimate of drug-likeness (QED) is 0.875. The van der Waals surface area contributed by atoms with Crippen molar-refractivity contribution in [2.24, 2.45) is 0 Å². The molecule has 116 valence electrons. The van der Waals surface area contributed by atoms with Gasteiger partial charge in [-0.25, -0.2) is 0 Å². The van der Waals surface area contributed by atoms with Crippen molar-refractivity contribution in [2.75, 3.05) is 6.54 Å². The summed E-state index contributed by atoms with van der Waals surface area (Å²) < 4.78 is 36.1. The zero-order chi connectivity index (χ0) is 15.5. The predicted octanol–water partition coefficient (Wildman–Crippen LogP) is 2.06. The van der Waals surface area contributed by atoms with Crippen molar-refractivity contribution in [2.45, 2.75) is 44.4 Å². The average Bonchev–Trinajstić information content (AvgIpc) is 2.39. The maximum Gasteiger partial charge on any atom is 0.401 e. The van der Waals surface area contributed by atoms with Crippen molar-refractivity contribution >= 4 is 5.91 Å². The highest BCUT2D eigenvalue weighted by molar-refractivity contribution is 5.92. The SMILES string of the molecule is CCc1ccnc(C(=O)NC2CC(NCC(F)(F)F)C2)c1. The smallest absolute Gasteiger partial charge is 0.348 e. The molecule has 1 aromatic heterocycles. The molecule has 1 amide bonds. The second kappa shape index (κ2) is 6.43. The van der Waals surface area contributed by atoms with E-state index in [1.54, 1.807) is 12.3 Å². The van der Waals surface area contributed by atoms with Crippen molar-refractivity contribution < 1.29 is 18.0 Å². The Morgan fingerprint density at radius 3 is 2.71 bits per heavy atom. The summed E-state index contributed by atoms with van der Waals surface area (Å²) in [5.74, 6) is -0.274. The third-order valence-corrected chi connectivity index (χ3v) is 3.53. The molecule has 0 aliphatic heterocycles. The Bertz CT molecular complexity index is 498. The Morgan fingerprint density at radius 1 is 1.38 bits per heavy atom. The Labute approximate surface area is 121 Å². The van der Waals surface area contributed by atoms with Crippen LogP contribution in [0.1, 0.15) is 35.8 Å². The number of aryl methyl sites for hydroxylation is 1. The van der Waals surface area contributed by atoms with E-state index in [9.17, 15) is 18.0 Å². The number of hydrogen-bond donors (Lipinski definition) is 2. The van der Waals surface area contributed by atoms with Crippen LogP contribution >= 0.6 is 0 Å². The molecule has 7 heteroatoms. The van der Waals surface area contributed by atoms with E-state index >= 15 is 0 Å². The highest BCUT2D eigenvalue weighted by Crippen LogP contribution is 2.22. The van der Waals surface area contributed by atoms with E-state index in [1.807, 2.05) is 13.0 Å². The molecule has 1 saturated carbocycles. The maximum atomic E-state index is 12.0. The third-order valence-electron chi connectivity index (χ3n) is 3.53. The van der Waals surface area contributed by atoms with E-state index in [4.69, 9.17) is 0 Å². The van der Waals surface area contributed by atoms with Crippen LogP contribution < -0.4 is 10.6 Å². The zero-order valence-corrected chi connectivity index (χ0v) is 11.7. The van der Waals surface area contributed by atoms with Crippen LogP contribution in [0.25, 0.3) is 0 Å². The fraction of sp³-hybridized carbons (Fsp3) is 0.571. The largest absolute Gasteiger partial charge is 0.401 e. The zero-order valence-electron chi connectivity index (χ0n) is 11.7. The van der Waals surface area contributed by atoms with Gasteiger partial charge in [0.25, 0.3) is 5.91 Å². The summed E-state index contributed by atoms with van der Waals surface area (Å²) in [5.41, 5.74) is 1.37. The fourth-order valence-corrected chi connectivity index (χ4v) is 2.24. The van der Waals surface area contributed by atoms with E-state index in [1.165, 1.54) is 0 Å². The fourth-order valence-electron chi connectivity index (χ4n) is 2.24. The van der Waals surface area contributed by atoms with E-state index in [2.05, 4.69) is 15.6 Å². The maximum absolute atomic E-state index is 12.0. The number of nitrogens with zero attached hydrogens (tertiary/aromatic N) is 1. The van der Waals surface area contributed by atoms with Gasteiger partial charge in [-0.2, -0.15) is 13.2 Å². The molecule has 0 spiro atoms. The summed E-state index contributed by atoms with van der Waals surface area (Å²) >= 11 is 0. The summed E-state index contributed by atoms with van der Waals surface area (Å²) in [6.07, 6.45) is -0.776. The summed E-state index contributed by atoms with van der Waals surface area (Å²) in [4.78, 5) is 16.0. The van der Waals surface area contributed by atoms with Gasteiger partial charge in [0.1, 0.15) is 5.69 Å². The van der Waals surface area contributed by atoms with Gasteiger partial charge in [0.05, 0.1) is 6.54 Å². The Balaban J connectivity index is 1.75. The molecular formula is C14H18F3N3O. The average molecular weight is 301 g/mol. The van der Waals surface area contributed by atoms with Crippen LogP contribution in [0, 0.1) is 0 Å². The van der Waals surface area contributed by atoms with Gasteiger partial charge < -0.3 is 10.6 Å². The van der Waals surface area contributed by atoms with Crippen LogP contribution in [-0.2, 0) is 6.42 Å². The summed E-state index contributed by atoms with van der Waals surface area (Å²) in [6, 6.07) is 3.30. The van der Waals surface area contributed by atoms with Crippen LogP contribution in [0.5, 0.6) is 0 Å². The van der Waals surface area contributed by atoms with Gasteiger partial charge in [0.15, 0.2) is 0 Å². The number of pyridine rings is 1. The lowest BCUT2D eigenvalue weighted by Crippen LogP contribution is -2.54. The van der Waals surface area contributed by atoms with Crippen LogP contribution in [0.15, 0.2) is 18.3 Å². The Hall–Kier alpha value is -1.63. The molecule has 21 heavy (non-hydrogen) atoms. The molecule has 1 aliphatic rings. The Kier molecular flexibility index (Phi) is 4.82. The highest BCUT2D eigenvalue weighted by atomic mass is 19.4. The summed E-state index contributed by atoms with van der Waals surface area (Å²) in [6.45, 7) is 0.998. The first kappa shape index (κ1) is 15.8. The van der Waals surface area contributed by atoms with Crippen molar-refractivity contribution in [1.82, 2.24) is 15.6 Å². The lowest BCUT2D eigenvalue weighted by Gasteiger charge is -2.36. The van der Waals surface area contributed by atoms with Gasteiger partial charge >= 0.3 is 6.18 Å². The molecule has 0 aromatic carbocycles. The molecule has 0 atom stereocenters. The standard InChI is InChI=1S/C14H18F3N3O/c1-2-9-3-4-18-12(5-9)13(21)20-11-6-10(7-11)19-8-14(15,16)17/h3-5,10-11,19H,2,6-8H2,1H3,(H,20,21). The van der Waals surface area contributed by atoms with Gasteiger partial charge in [-0.05, 0) is 37.0 Å². The van der Waals surface area contributed by atoms with Gasteiger partial charge in [0, 0.05) is 18.3 Å². The molecule has 1 aromatic rings. The second-order valence-corrected chi connectivity index (χ2v) is 5.24. The van der Waals surface area contributed by atoms with Crippen LogP contribution in [0.2, 0.25) is 0 Å². The van der Waals surface area contributed by atoms with Crippen molar-refractivity contribution in [3.8, 4) is 0 Å². The van der Waals surface area contributed by atoms with Crippen LogP contribution in [-0.4, -0.2) is 35.7 Å². The minimum Gasteiger partial charge on any atom is -0.348 e. The predicted molar refractivity (Wildman–Crippen MR) is 71.9 cm³/mol. The number of amides is 1. The molecule has 1 heterocycles. The lowest BCUT2D eigenvalue weighted by molar-refractivity contribution is -0.127. The molecule has 0 unspecified atom stereocenters. The van der Waals surface area contributed by atoms with Crippen molar-refractivity contribution in [3.63, 3.8) is 0 Å². The molecule has 0 radical (unpaired) electrons. The molecule has 2 N–H and O–H groups in total. The number of aromatic nitrogens is 1. The summed E-state index contributed by atoms with van der Waals surface area (Å²) in [7, 11) is 0. The second-order valence-electron chi connectivity index (χ2n) is 5.24. The van der Waals surface area contributed by atoms with Gasteiger partial charge in [-0.3, -0.25) is 9.78 Å². The van der Waals surface area contributed by atoms with E-state index < -0.39 is 12.7 Å². The van der Waals surface area contributed by atoms with Crippen molar-refractivity contribution in [3.05, 3.63) is 29.6 Å². The summed E-state index contributed by atoms with van der Waals surface area (Å²) in [5, 5.41) is 5.22.